The quantitative estimate of drug-likeness (QED) is 0.864. The lowest BCUT2D eigenvalue weighted by molar-refractivity contribution is 0.185. The highest BCUT2D eigenvalue weighted by molar-refractivity contribution is 5.61. The largest absolute Gasteiger partial charge is 0.506 e. The lowest BCUT2D eigenvalue weighted by Gasteiger charge is -2.32. The number of rotatable bonds is 5. The second-order valence-corrected chi connectivity index (χ2v) is 6.15. The third kappa shape index (κ3) is 3.55. The molecule has 3 heteroatoms. The molecule has 1 aliphatic carbocycles. The van der Waals surface area contributed by atoms with Crippen LogP contribution in [0.1, 0.15) is 42.7 Å². The van der Waals surface area contributed by atoms with Crippen molar-refractivity contribution in [2.75, 3.05) is 6.61 Å². The Morgan fingerprint density at radius 2 is 1.96 bits per heavy atom. The molecule has 0 amide bonds. The maximum atomic E-state index is 9.84. The van der Waals surface area contributed by atoms with Crippen molar-refractivity contribution in [1.82, 2.24) is 4.98 Å². The van der Waals surface area contributed by atoms with Gasteiger partial charge in [0.15, 0.2) is 0 Å². The lowest BCUT2D eigenvalue weighted by atomic mass is 9.76. The van der Waals surface area contributed by atoms with Crippen molar-refractivity contribution >= 4 is 6.08 Å². The smallest absolute Gasteiger partial charge is 0.148 e. The highest BCUT2D eigenvalue weighted by Crippen LogP contribution is 2.38. The molecular weight excluding hydrogens is 286 g/mol. The molecule has 1 N–H and O–H groups in total. The van der Waals surface area contributed by atoms with E-state index in [1.807, 2.05) is 0 Å². The number of benzene rings is 1. The zero-order valence-electron chi connectivity index (χ0n) is 13.3. The lowest BCUT2D eigenvalue weighted by Crippen LogP contribution is -2.24. The van der Waals surface area contributed by atoms with Gasteiger partial charge in [0.05, 0.1) is 24.6 Å². The molecule has 1 aromatic heterocycles. The summed E-state index contributed by atoms with van der Waals surface area (Å²) in [6.07, 6.45) is 9.60. The van der Waals surface area contributed by atoms with E-state index in [9.17, 15) is 5.11 Å². The third-order valence-corrected chi connectivity index (χ3v) is 4.72. The summed E-state index contributed by atoms with van der Waals surface area (Å²) in [4.78, 5) is 4.01. The highest BCUT2D eigenvalue weighted by Gasteiger charge is 2.27. The molecule has 120 valence electrons. The normalized spacial score (nSPS) is 20.9. The van der Waals surface area contributed by atoms with Gasteiger partial charge < -0.3 is 9.84 Å². The SMILES string of the molecule is C=Cc1c(O)cncc1OCC1CCCCC1c1ccccc1. The van der Waals surface area contributed by atoms with Gasteiger partial charge in [-0.15, -0.1) is 0 Å². The molecule has 3 nitrogen and oxygen atoms in total. The van der Waals surface area contributed by atoms with Crippen LogP contribution >= 0.6 is 0 Å². The van der Waals surface area contributed by atoms with Crippen LogP contribution in [-0.2, 0) is 0 Å². The molecule has 23 heavy (non-hydrogen) atoms. The van der Waals surface area contributed by atoms with E-state index < -0.39 is 0 Å². The van der Waals surface area contributed by atoms with Gasteiger partial charge in [-0.3, -0.25) is 4.98 Å². The maximum Gasteiger partial charge on any atom is 0.148 e. The first-order chi connectivity index (χ1) is 11.3. The maximum absolute atomic E-state index is 9.84. The van der Waals surface area contributed by atoms with Crippen LogP contribution in [0.5, 0.6) is 11.5 Å². The first-order valence-corrected chi connectivity index (χ1v) is 8.26. The van der Waals surface area contributed by atoms with Crippen LogP contribution in [-0.4, -0.2) is 16.7 Å². The monoisotopic (exact) mass is 309 g/mol. The second-order valence-electron chi connectivity index (χ2n) is 6.15. The van der Waals surface area contributed by atoms with E-state index in [0.29, 0.717) is 29.8 Å². The van der Waals surface area contributed by atoms with E-state index >= 15 is 0 Å². The molecule has 2 atom stereocenters. The Balaban J connectivity index is 1.73. The molecule has 3 rings (SSSR count). The molecule has 0 radical (unpaired) electrons. The fraction of sp³-hybridized carbons (Fsp3) is 0.350. The molecule has 2 unspecified atom stereocenters. The first-order valence-electron chi connectivity index (χ1n) is 8.26. The van der Waals surface area contributed by atoms with Crippen molar-refractivity contribution in [2.24, 2.45) is 5.92 Å². The standard InChI is InChI=1S/C20H23NO2/c1-2-17-19(22)12-21-13-20(17)23-14-16-10-6-7-11-18(16)15-8-4-3-5-9-15/h2-5,8-9,12-13,16,18,22H,1,6-7,10-11,14H2. The van der Waals surface area contributed by atoms with Gasteiger partial charge in [-0.05, 0) is 30.2 Å². The minimum Gasteiger partial charge on any atom is -0.506 e. The predicted octanol–water partition coefficient (Wildman–Crippen LogP) is 4.78. The van der Waals surface area contributed by atoms with Crippen molar-refractivity contribution in [3.63, 3.8) is 0 Å². The summed E-state index contributed by atoms with van der Waals surface area (Å²) >= 11 is 0. The molecule has 1 aromatic carbocycles. The van der Waals surface area contributed by atoms with Crippen LogP contribution in [0.4, 0.5) is 0 Å². The van der Waals surface area contributed by atoms with Crippen LogP contribution in [0.15, 0.2) is 49.3 Å². The Kier molecular flexibility index (Phi) is 4.96. The summed E-state index contributed by atoms with van der Waals surface area (Å²) in [5, 5.41) is 9.84. The van der Waals surface area contributed by atoms with Crippen LogP contribution in [0.25, 0.3) is 6.08 Å². The molecule has 0 spiro atoms. The fourth-order valence-corrected chi connectivity index (χ4v) is 3.50. The van der Waals surface area contributed by atoms with Gasteiger partial charge in [0.2, 0.25) is 0 Å². The molecule has 2 aromatic rings. The average Bonchev–Trinajstić information content (AvgIpc) is 2.61. The van der Waals surface area contributed by atoms with E-state index in [1.165, 1.54) is 37.4 Å². The van der Waals surface area contributed by atoms with Crippen LogP contribution in [0.2, 0.25) is 0 Å². The Morgan fingerprint density at radius 3 is 2.74 bits per heavy atom. The molecule has 1 heterocycles. The number of hydrogen-bond donors (Lipinski definition) is 1. The van der Waals surface area contributed by atoms with Gasteiger partial charge >= 0.3 is 0 Å². The van der Waals surface area contributed by atoms with Crippen LogP contribution < -0.4 is 4.74 Å². The molecule has 0 saturated heterocycles. The fourth-order valence-electron chi connectivity index (χ4n) is 3.50. The number of aromatic nitrogens is 1. The van der Waals surface area contributed by atoms with Gasteiger partial charge in [0.25, 0.3) is 0 Å². The Hall–Kier alpha value is -2.29. The van der Waals surface area contributed by atoms with Crippen molar-refractivity contribution < 1.29 is 9.84 Å². The van der Waals surface area contributed by atoms with E-state index in [1.54, 1.807) is 12.3 Å². The topological polar surface area (TPSA) is 42.4 Å². The van der Waals surface area contributed by atoms with Gasteiger partial charge in [0, 0.05) is 0 Å². The summed E-state index contributed by atoms with van der Waals surface area (Å²) in [7, 11) is 0. The van der Waals surface area contributed by atoms with E-state index in [2.05, 4.69) is 41.9 Å². The van der Waals surface area contributed by atoms with E-state index in [0.717, 1.165) is 0 Å². The van der Waals surface area contributed by atoms with Gasteiger partial charge in [-0.2, -0.15) is 0 Å². The minimum atomic E-state index is 0.112. The average molecular weight is 309 g/mol. The summed E-state index contributed by atoms with van der Waals surface area (Å²) in [6.45, 7) is 4.39. The summed E-state index contributed by atoms with van der Waals surface area (Å²) in [6, 6.07) is 10.7. The zero-order chi connectivity index (χ0) is 16.1. The third-order valence-electron chi connectivity index (χ3n) is 4.72. The van der Waals surface area contributed by atoms with Crippen molar-refractivity contribution in [2.45, 2.75) is 31.6 Å². The molecule has 0 aliphatic heterocycles. The summed E-state index contributed by atoms with van der Waals surface area (Å²) < 4.78 is 6.01. The molecule has 0 bridgehead atoms. The molecule has 1 saturated carbocycles. The Labute approximate surface area is 137 Å². The van der Waals surface area contributed by atoms with Gasteiger partial charge in [-0.1, -0.05) is 55.8 Å². The highest BCUT2D eigenvalue weighted by atomic mass is 16.5. The molecule has 1 fully saturated rings. The summed E-state index contributed by atoms with van der Waals surface area (Å²) in [5.74, 6) is 1.76. The number of nitrogens with zero attached hydrogens (tertiary/aromatic N) is 1. The molecule has 1 aliphatic rings. The van der Waals surface area contributed by atoms with Crippen LogP contribution in [0, 0.1) is 5.92 Å². The van der Waals surface area contributed by atoms with Crippen molar-refractivity contribution in [3.05, 3.63) is 60.4 Å². The van der Waals surface area contributed by atoms with Crippen molar-refractivity contribution in [1.29, 1.82) is 0 Å². The number of aromatic hydroxyl groups is 1. The first kappa shape index (κ1) is 15.6. The number of pyridine rings is 1. The minimum absolute atomic E-state index is 0.112. The van der Waals surface area contributed by atoms with Gasteiger partial charge in [0.1, 0.15) is 11.5 Å². The Bertz CT molecular complexity index is 654. The van der Waals surface area contributed by atoms with Gasteiger partial charge in [-0.25, -0.2) is 0 Å². The van der Waals surface area contributed by atoms with E-state index in [4.69, 9.17) is 4.74 Å². The van der Waals surface area contributed by atoms with E-state index in [-0.39, 0.29) is 5.75 Å². The van der Waals surface area contributed by atoms with Crippen molar-refractivity contribution in [3.8, 4) is 11.5 Å². The molecular formula is C20H23NO2. The zero-order valence-corrected chi connectivity index (χ0v) is 13.3. The predicted molar refractivity (Wildman–Crippen MR) is 92.6 cm³/mol. The van der Waals surface area contributed by atoms with Crippen LogP contribution in [0.3, 0.4) is 0 Å². The number of hydrogen-bond acceptors (Lipinski definition) is 3. The number of ether oxygens (including phenoxy) is 1. The summed E-state index contributed by atoms with van der Waals surface area (Å²) in [5.41, 5.74) is 2.02. The Morgan fingerprint density at radius 1 is 1.17 bits per heavy atom. The second kappa shape index (κ2) is 7.32.